The topological polar surface area (TPSA) is 36.4 Å². The molecule has 2 aromatic rings. The molecule has 0 saturated carbocycles. The fraction of sp³-hybridized carbons (Fsp3) is 0.188. The first-order valence-electron chi connectivity index (χ1n) is 6.74. The van der Waals surface area contributed by atoms with Gasteiger partial charge in [0.2, 0.25) is 0 Å². The van der Waals surface area contributed by atoms with E-state index in [-0.39, 0.29) is 5.82 Å². The standard InChI is InChI=1S/C16H16FN3/c17-13-8-10-14(11-9-13)19-20-16-7-3-5-12-4-1-2-6-15(12)18-16/h1-2,4,6,8-11,19H,3,5,7H2,(H,18,20). The van der Waals surface area contributed by atoms with Crippen LogP contribution < -0.4 is 10.9 Å². The summed E-state index contributed by atoms with van der Waals surface area (Å²) in [5.74, 6) is 0.663. The Morgan fingerprint density at radius 1 is 0.900 bits per heavy atom. The van der Waals surface area contributed by atoms with Crippen LogP contribution in [0.25, 0.3) is 0 Å². The number of anilines is 1. The molecule has 2 N–H and O–H groups in total. The fourth-order valence-corrected chi connectivity index (χ4v) is 2.25. The molecular weight excluding hydrogens is 253 g/mol. The Kier molecular flexibility index (Phi) is 3.63. The van der Waals surface area contributed by atoms with Gasteiger partial charge in [0.05, 0.1) is 11.4 Å². The van der Waals surface area contributed by atoms with Crippen molar-refractivity contribution >= 4 is 17.2 Å². The summed E-state index contributed by atoms with van der Waals surface area (Å²) in [6.45, 7) is 0. The Morgan fingerprint density at radius 3 is 2.55 bits per heavy atom. The molecule has 0 unspecified atom stereocenters. The van der Waals surface area contributed by atoms with Gasteiger partial charge < -0.3 is 0 Å². The Morgan fingerprint density at radius 2 is 1.70 bits per heavy atom. The summed E-state index contributed by atoms with van der Waals surface area (Å²) in [6, 6.07) is 14.4. The zero-order chi connectivity index (χ0) is 13.8. The summed E-state index contributed by atoms with van der Waals surface area (Å²) >= 11 is 0. The van der Waals surface area contributed by atoms with Gasteiger partial charge in [-0.2, -0.15) is 0 Å². The van der Waals surface area contributed by atoms with Crippen molar-refractivity contribution in [3.05, 3.63) is 59.9 Å². The summed E-state index contributed by atoms with van der Waals surface area (Å²) in [7, 11) is 0. The van der Waals surface area contributed by atoms with Gasteiger partial charge >= 0.3 is 0 Å². The number of aliphatic imine (C=N–C) groups is 1. The molecule has 20 heavy (non-hydrogen) atoms. The van der Waals surface area contributed by atoms with Gasteiger partial charge in [0.15, 0.2) is 0 Å². The van der Waals surface area contributed by atoms with Crippen molar-refractivity contribution in [2.24, 2.45) is 4.99 Å². The summed E-state index contributed by atoms with van der Waals surface area (Å²) in [5, 5.41) is 0. The molecule has 102 valence electrons. The molecule has 0 saturated heterocycles. The van der Waals surface area contributed by atoms with Crippen molar-refractivity contribution in [2.75, 3.05) is 5.43 Å². The van der Waals surface area contributed by atoms with Gasteiger partial charge in [-0.3, -0.25) is 10.9 Å². The van der Waals surface area contributed by atoms with Crippen molar-refractivity contribution in [3.63, 3.8) is 0 Å². The number of nitrogens with one attached hydrogen (secondary N) is 2. The van der Waals surface area contributed by atoms with Crippen molar-refractivity contribution in [1.82, 2.24) is 5.43 Å². The molecule has 1 heterocycles. The average molecular weight is 269 g/mol. The first-order valence-corrected chi connectivity index (χ1v) is 6.74. The highest BCUT2D eigenvalue weighted by molar-refractivity contribution is 5.86. The lowest BCUT2D eigenvalue weighted by atomic mass is 10.1. The second kappa shape index (κ2) is 5.74. The van der Waals surface area contributed by atoms with Crippen molar-refractivity contribution < 1.29 is 4.39 Å². The lowest BCUT2D eigenvalue weighted by Crippen LogP contribution is -2.29. The number of para-hydroxylation sites is 1. The third-order valence-corrected chi connectivity index (χ3v) is 3.30. The third-order valence-electron chi connectivity index (χ3n) is 3.30. The summed E-state index contributed by atoms with van der Waals surface area (Å²) < 4.78 is 12.8. The highest BCUT2D eigenvalue weighted by atomic mass is 19.1. The first kappa shape index (κ1) is 12.7. The molecule has 0 atom stereocenters. The van der Waals surface area contributed by atoms with Crippen LogP contribution in [0.2, 0.25) is 0 Å². The van der Waals surface area contributed by atoms with Crippen LogP contribution >= 0.6 is 0 Å². The van der Waals surface area contributed by atoms with E-state index in [1.807, 2.05) is 18.2 Å². The van der Waals surface area contributed by atoms with Crippen LogP contribution in [0.4, 0.5) is 15.8 Å². The minimum absolute atomic E-state index is 0.240. The van der Waals surface area contributed by atoms with Gasteiger partial charge in [-0.25, -0.2) is 9.38 Å². The van der Waals surface area contributed by atoms with Crippen LogP contribution in [0.15, 0.2) is 53.5 Å². The highest BCUT2D eigenvalue weighted by Crippen LogP contribution is 2.24. The van der Waals surface area contributed by atoms with Crippen molar-refractivity contribution in [2.45, 2.75) is 19.3 Å². The van der Waals surface area contributed by atoms with E-state index < -0.39 is 0 Å². The van der Waals surface area contributed by atoms with Gasteiger partial charge in [-0.05, 0) is 48.7 Å². The first-order chi connectivity index (χ1) is 9.81. The molecule has 3 rings (SSSR count). The zero-order valence-electron chi connectivity index (χ0n) is 11.1. The Hall–Kier alpha value is -2.36. The van der Waals surface area contributed by atoms with Gasteiger partial charge in [0.25, 0.3) is 0 Å². The van der Waals surface area contributed by atoms with E-state index >= 15 is 0 Å². The van der Waals surface area contributed by atoms with Gasteiger partial charge in [-0.1, -0.05) is 18.2 Å². The smallest absolute Gasteiger partial charge is 0.123 e. The van der Waals surface area contributed by atoms with Crippen LogP contribution in [0.3, 0.4) is 0 Å². The number of aryl methyl sites for hydroxylation is 1. The summed E-state index contributed by atoms with van der Waals surface area (Å²) in [4.78, 5) is 4.64. The molecule has 0 amide bonds. The third kappa shape index (κ3) is 2.96. The monoisotopic (exact) mass is 269 g/mol. The Bertz CT molecular complexity index is 620. The molecule has 0 radical (unpaired) electrons. The van der Waals surface area contributed by atoms with Crippen LogP contribution in [-0.2, 0) is 6.42 Å². The largest absolute Gasteiger partial charge is 0.300 e. The number of halogens is 1. The number of rotatable bonds is 2. The molecule has 3 nitrogen and oxygen atoms in total. The Balaban J connectivity index is 1.71. The lowest BCUT2D eigenvalue weighted by molar-refractivity contribution is 0.628. The van der Waals surface area contributed by atoms with E-state index in [9.17, 15) is 4.39 Å². The number of amidine groups is 1. The molecule has 0 bridgehead atoms. The maximum Gasteiger partial charge on any atom is 0.123 e. The quantitative estimate of drug-likeness (QED) is 0.813. The van der Waals surface area contributed by atoms with Crippen LogP contribution in [-0.4, -0.2) is 5.84 Å². The minimum Gasteiger partial charge on any atom is -0.300 e. The van der Waals surface area contributed by atoms with E-state index in [2.05, 4.69) is 21.9 Å². The van der Waals surface area contributed by atoms with Crippen LogP contribution in [0, 0.1) is 5.82 Å². The molecule has 1 aliphatic rings. The van der Waals surface area contributed by atoms with E-state index in [1.165, 1.54) is 17.7 Å². The van der Waals surface area contributed by atoms with Crippen molar-refractivity contribution in [3.8, 4) is 0 Å². The maximum absolute atomic E-state index is 12.8. The van der Waals surface area contributed by atoms with Gasteiger partial charge in [-0.15, -0.1) is 0 Å². The second-order valence-corrected chi connectivity index (χ2v) is 4.80. The van der Waals surface area contributed by atoms with E-state index in [1.54, 1.807) is 12.1 Å². The number of fused-ring (bicyclic) bond motifs is 1. The van der Waals surface area contributed by atoms with E-state index in [0.717, 1.165) is 36.5 Å². The van der Waals surface area contributed by atoms with Gasteiger partial charge in [0.1, 0.15) is 11.7 Å². The van der Waals surface area contributed by atoms with Crippen LogP contribution in [0.5, 0.6) is 0 Å². The second-order valence-electron chi connectivity index (χ2n) is 4.80. The predicted octanol–water partition coefficient (Wildman–Crippen LogP) is 3.81. The Labute approximate surface area is 117 Å². The molecule has 0 spiro atoms. The summed E-state index contributed by atoms with van der Waals surface area (Å²) in [6.07, 6.45) is 3.00. The molecule has 0 aromatic heterocycles. The average Bonchev–Trinajstić information content (AvgIpc) is 2.68. The van der Waals surface area contributed by atoms with Crippen molar-refractivity contribution in [1.29, 1.82) is 0 Å². The zero-order valence-corrected chi connectivity index (χ0v) is 11.1. The summed E-state index contributed by atoms with van der Waals surface area (Å²) in [5.41, 5.74) is 9.29. The van der Waals surface area contributed by atoms with E-state index in [0.29, 0.717) is 0 Å². The van der Waals surface area contributed by atoms with Gasteiger partial charge in [0, 0.05) is 6.42 Å². The minimum atomic E-state index is -0.240. The lowest BCUT2D eigenvalue weighted by Gasteiger charge is -2.11. The number of hydrogen-bond donors (Lipinski definition) is 2. The highest BCUT2D eigenvalue weighted by Gasteiger charge is 2.09. The number of hydrogen-bond acceptors (Lipinski definition) is 3. The maximum atomic E-state index is 12.8. The predicted molar refractivity (Wildman–Crippen MR) is 79.6 cm³/mol. The number of benzene rings is 2. The number of hydrazine groups is 1. The number of nitrogens with zero attached hydrogens (tertiary/aromatic N) is 1. The van der Waals surface area contributed by atoms with E-state index in [4.69, 9.17) is 0 Å². The molecule has 0 aliphatic carbocycles. The molecule has 1 aliphatic heterocycles. The molecule has 0 fully saturated rings. The molecule has 4 heteroatoms. The fourth-order valence-electron chi connectivity index (χ4n) is 2.25. The SMILES string of the molecule is Fc1ccc(NNC2=Nc3ccccc3CCC2)cc1. The molecular formula is C16H16FN3. The normalized spacial score (nSPS) is 13.9. The molecule has 2 aromatic carbocycles. The van der Waals surface area contributed by atoms with Crippen LogP contribution in [0.1, 0.15) is 18.4 Å².